The number of ether oxygens (including phenoxy) is 1. The van der Waals surface area contributed by atoms with Gasteiger partial charge < -0.3 is 10.1 Å². The van der Waals surface area contributed by atoms with Gasteiger partial charge in [-0.25, -0.2) is 13.6 Å². The van der Waals surface area contributed by atoms with Crippen LogP contribution in [-0.2, 0) is 9.53 Å². The molecule has 2 N–H and O–H groups in total. The summed E-state index contributed by atoms with van der Waals surface area (Å²) in [6.07, 6.45) is 0. The fraction of sp³-hybridized carbons (Fsp3) is 0.333. The average Bonchev–Trinajstić information content (AvgIpc) is 2.38. The Morgan fingerprint density at radius 3 is 2.75 bits per heavy atom. The van der Waals surface area contributed by atoms with Crippen LogP contribution in [-0.4, -0.2) is 38.0 Å². The van der Waals surface area contributed by atoms with Crippen molar-refractivity contribution >= 4 is 23.7 Å². The zero-order chi connectivity index (χ0) is 15.0. The Morgan fingerprint density at radius 2 is 2.10 bits per heavy atom. The number of thioether (sulfide) groups is 1. The number of amides is 3. The molecule has 1 rings (SSSR count). The summed E-state index contributed by atoms with van der Waals surface area (Å²) in [5.41, 5.74) is 0. The highest BCUT2D eigenvalue weighted by Crippen LogP contribution is 2.21. The lowest BCUT2D eigenvalue weighted by Gasteiger charge is -2.06. The molecule has 0 saturated carbocycles. The van der Waals surface area contributed by atoms with Crippen LogP contribution >= 0.6 is 11.8 Å². The summed E-state index contributed by atoms with van der Waals surface area (Å²) in [7, 11) is 1.48. The van der Waals surface area contributed by atoms with Gasteiger partial charge in [0.05, 0.1) is 12.4 Å². The molecule has 1 aromatic carbocycles. The van der Waals surface area contributed by atoms with Gasteiger partial charge in [0.2, 0.25) is 5.91 Å². The van der Waals surface area contributed by atoms with Crippen molar-refractivity contribution in [3.63, 3.8) is 0 Å². The lowest BCUT2D eigenvalue weighted by molar-refractivity contribution is -0.117. The molecule has 0 radical (unpaired) electrons. The van der Waals surface area contributed by atoms with Gasteiger partial charge in [-0.1, -0.05) is 0 Å². The summed E-state index contributed by atoms with van der Waals surface area (Å²) in [4.78, 5) is 22.8. The highest BCUT2D eigenvalue weighted by atomic mass is 32.2. The van der Waals surface area contributed by atoms with E-state index in [1.54, 1.807) is 0 Å². The number of carbonyl (C=O) groups is 2. The van der Waals surface area contributed by atoms with Crippen LogP contribution in [0.25, 0.3) is 0 Å². The molecule has 0 aliphatic carbocycles. The minimum absolute atomic E-state index is 0.140. The molecule has 20 heavy (non-hydrogen) atoms. The monoisotopic (exact) mass is 304 g/mol. The predicted molar refractivity (Wildman–Crippen MR) is 70.5 cm³/mol. The zero-order valence-electron chi connectivity index (χ0n) is 10.7. The molecular formula is C12H14F2N2O3S. The molecule has 8 heteroatoms. The van der Waals surface area contributed by atoms with Crippen LogP contribution in [0, 0.1) is 11.6 Å². The minimum atomic E-state index is -0.743. The molecule has 0 heterocycles. The minimum Gasteiger partial charge on any atom is -0.383 e. The number of rotatable bonds is 6. The van der Waals surface area contributed by atoms with E-state index in [1.165, 1.54) is 13.2 Å². The van der Waals surface area contributed by atoms with Crippen molar-refractivity contribution in [3.05, 3.63) is 29.8 Å². The van der Waals surface area contributed by atoms with Crippen LogP contribution in [0.15, 0.2) is 23.1 Å². The Kier molecular flexibility index (Phi) is 6.96. The van der Waals surface area contributed by atoms with Crippen molar-refractivity contribution in [2.75, 3.05) is 26.0 Å². The van der Waals surface area contributed by atoms with E-state index in [9.17, 15) is 18.4 Å². The van der Waals surface area contributed by atoms with E-state index in [-0.39, 0.29) is 17.2 Å². The molecule has 0 spiro atoms. The second kappa shape index (κ2) is 8.49. The van der Waals surface area contributed by atoms with Crippen LogP contribution < -0.4 is 10.6 Å². The summed E-state index contributed by atoms with van der Waals surface area (Å²) < 4.78 is 30.7. The van der Waals surface area contributed by atoms with Crippen LogP contribution in [0.3, 0.4) is 0 Å². The summed E-state index contributed by atoms with van der Waals surface area (Å²) >= 11 is 0.876. The van der Waals surface area contributed by atoms with Gasteiger partial charge in [-0.3, -0.25) is 10.1 Å². The molecule has 0 saturated heterocycles. The van der Waals surface area contributed by atoms with E-state index >= 15 is 0 Å². The van der Waals surface area contributed by atoms with Crippen LogP contribution in [0.4, 0.5) is 13.6 Å². The van der Waals surface area contributed by atoms with Gasteiger partial charge in [-0.2, -0.15) is 0 Å². The van der Waals surface area contributed by atoms with E-state index in [2.05, 4.69) is 10.6 Å². The van der Waals surface area contributed by atoms with Gasteiger partial charge in [0.25, 0.3) is 0 Å². The van der Waals surface area contributed by atoms with Crippen molar-refractivity contribution in [1.29, 1.82) is 0 Å². The van der Waals surface area contributed by atoms with Crippen molar-refractivity contribution in [3.8, 4) is 0 Å². The highest BCUT2D eigenvalue weighted by molar-refractivity contribution is 8.00. The summed E-state index contributed by atoms with van der Waals surface area (Å²) in [6, 6.07) is 2.42. The third kappa shape index (κ3) is 5.98. The number of nitrogens with one attached hydrogen (secondary N) is 2. The summed E-state index contributed by atoms with van der Waals surface area (Å²) in [5.74, 6) is -2.16. The SMILES string of the molecule is COCCNC(=O)NC(=O)CSc1ccc(F)cc1F. The van der Waals surface area contributed by atoms with Crippen molar-refractivity contribution in [2.24, 2.45) is 0 Å². The van der Waals surface area contributed by atoms with E-state index in [1.807, 2.05) is 0 Å². The highest BCUT2D eigenvalue weighted by Gasteiger charge is 2.10. The molecule has 0 aliphatic rings. The maximum atomic E-state index is 13.3. The van der Waals surface area contributed by atoms with Gasteiger partial charge in [0.1, 0.15) is 11.6 Å². The third-order valence-electron chi connectivity index (χ3n) is 2.10. The quantitative estimate of drug-likeness (QED) is 0.618. The van der Waals surface area contributed by atoms with E-state index in [0.29, 0.717) is 6.61 Å². The molecule has 0 unspecified atom stereocenters. The first-order chi connectivity index (χ1) is 9.52. The van der Waals surface area contributed by atoms with Crippen molar-refractivity contribution < 1.29 is 23.1 Å². The first-order valence-electron chi connectivity index (χ1n) is 5.67. The van der Waals surface area contributed by atoms with Gasteiger partial charge in [0, 0.05) is 24.6 Å². The first kappa shape index (κ1) is 16.4. The first-order valence-corrected chi connectivity index (χ1v) is 6.66. The summed E-state index contributed by atoms with van der Waals surface area (Å²) in [6.45, 7) is 0.604. The average molecular weight is 304 g/mol. The fourth-order valence-electron chi connectivity index (χ4n) is 1.21. The number of hydrogen-bond donors (Lipinski definition) is 2. The number of urea groups is 1. The lowest BCUT2D eigenvalue weighted by Crippen LogP contribution is -2.41. The normalized spacial score (nSPS) is 10.2. The smallest absolute Gasteiger partial charge is 0.321 e. The molecule has 0 bridgehead atoms. The third-order valence-corrected chi connectivity index (χ3v) is 3.15. The van der Waals surface area contributed by atoms with Gasteiger partial charge in [-0.05, 0) is 12.1 Å². The number of benzene rings is 1. The Hall–Kier alpha value is -1.67. The van der Waals surface area contributed by atoms with Gasteiger partial charge >= 0.3 is 6.03 Å². The Bertz CT molecular complexity index is 486. The predicted octanol–water partition coefficient (Wildman–Crippen LogP) is 1.53. The molecule has 0 aromatic heterocycles. The molecule has 1 aromatic rings. The number of halogens is 2. The van der Waals surface area contributed by atoms with Gasteiger partial charge in [0.15, 0.2) is 0 Å². The maximum absolute atomic E-state index is 13.3. The standard InChI is InChI=1S/C12H14F2N2O3S/c1-19-5-4-15-12(18)16-11(17)7-20-10-3-2-8(13)6-9(10)14/h2-3,6H,4-5,7H2,1H3,(H2,15,16,17,18). The van der Waals surface area contributed by atoms with Crippen LogP contribution in [0.5, 0.6) is 0 Å². The van der Waals surface area contributed by atoms with E-state index in [0.717, 1.165) is 23.9 Å². The second-order valence-electron chi connectivity index (χ2n) is 3.66. The molecule has 0 aliphatic heterocycles. The molecule has 110 valence electrons. The van der Waals surface area contributed by atoms with Crippen molar-refractivity contribution in [2.45, 2.75) is 4.90 Å². The number of methoxy groups -OCH3 is 1. The van der Waals surface area contributed by atoms with E-state index < -0.39 is 23.6 Å². The van der Waals surface area contributed by atoms with Gasteiger partial charge in [-0.15, -0.1) is 11.8 Å². The molecule has 5 nitrogen and oxygen atoms in total. The Morgan fingerprint density at radius 1 is 1.35 bits per heavy atom. The number of imide groups is 1. The van der Waals surface area contributed by atoms with Crippen LogP contribution in [0.1, 0.15) is 0 Å². The Labute approximate surface area is 119 Å². The lowest BCUT2D eigenvalue weighted by atomic mass is 10.3. The Balaban J connectivity index is 2.34. The maximum Gasteiger partial charge on any atom is 0.321 e. The van der Waals surface area contributed by atoms with Crippen LogP contribution in [0.2, 0.25) is 0 Å². The topological polar surface area (TPSA) is 67.4 Å². The fourth-order valence-corrected chi connectivity index (χ4v) is 1.93. The van der Waals surface area contributed by atoms with E-state index in [4.69, 9.17) is 4.74 Å². The number of carbonyl (C=O) groups excluding carboxylic acids is 2. The van der Waals surface area contributed by atoms with Crippen molar-refractivity contribution in [1.82, 2.24) is 10.6 Å². The molecular weight excluding hydrogens is 290 g/mol. The molecule has 3 amide bonds. The zero-order valence-corrected chi connectivity index (χ0v) is 11.6. The second-order valence-corrected chi connectivity index (χ2v) is 4.68. The summed E-state index contributed by atoms with van der Waals surface area (Å²) in [5, 5.41) is 4.48. The molecule has 0 fully saturated rings. The largest absolute Gasteiger partial charge is 0.383 e. The molecule has 0 atom stereocenters. The number of hydrogen-bond acceptors (Lipinski definition) is 4.